The van der Waals surface area contributed by atoms with Gasteiger partial charge >= 0.3 is 5.97 Å². The van der Waals surface area contributed by atoms with E-state index in [2.05, 4.69) is 0 Å². The Kier molecular flexibility index (Phi) is 3.93. The van der Waals surface area contributed by atoms with Crippen LogP contribution in [0.1, 0.15) is 20.7 Å². The van der Waals surface area contributed by atoms with Gasteiger partial charge in [-0.1, -0.05) is 18.2 Å². The summed E-state index contributed by atoms with van der Waals surface area (Å²) in [7, 11) is 3.34. The van der Waals surface area contributed by atoms with Gasteiger partial charge in [-0.05, 0) is 35.4 Å². The molecule has 0 spiro atoms. The van der Waals surface area contributed by atoms with Gasteiger partial charge in [-0.2, -0.15) is 0 Å². The van der Waals surface area contributed by atoms with E-state index < -0.39 is 5.97 Å². The molecule has 5 heteroatoms. The SMILES string of the molecule is CN(C)C(=O)c1cccc(-c2ccc(C(=O)O)c(O)c2)c1. The summed E-state index contributed by atoms with van der Waals surface area (Å²) in [5, 5.41) is 18.6. The number of phenols is 1. The Morgan fingerprint density at radius 3 is 2.24 bits per heavy atom. The average molecular weight is 285 g/mol. The van der Waals surface area contributed by atoms with E-state index in [1.54, 1.807) is 44.4 Å². The first-order valence-corrected chi connectivity index (χ1v) is 6.28. The molecule has 0 aliphatic carbocycles. The Hall–Kier alpha value is -2.82. The zero-order chi connectivity index (χ0) is 15.6. The molecule has 0 aromatic heterocycles. The minimum Gasteiger partial charge on any atom is -0.507 e. The van der Waals surface area contributed by atoms with Gasteiger partial charge in [-0.3, -0.25) is 4.79 Å². The van der Waals surface area contributed by atoms with E-state index in [1.807, 2.05) is 0 Å². The number of amides is 1. The second-order valence-corrected chi connectivity index (χ2v) is 4.82. The zero-order valence-electron chi connectivity index (χ0n) is 11.7. The quantitative estimate of drug-likeness (QED) is 0.908. The van der Waals surface area contributed by atoms with E-state index in [4.69, 9.17) is 5.11 Å². The summed E-state index contributed by atoms with van der Waals surface area (Å²) in [5.41, 5.74) is 1.75. The maximum absolute atomic E-state index is 11.9. The Balaban J connectivity index is 2.43. The van der Waals surface area contributed by atoms with Crippen molar-refractivity contribution in [3.8, 4) is 16.9 Å². The lowest BCUT2D eigenvalue weighted by Crippen LogP contribution is -2.21. The van der Waals surface area contributed by atoms with Crippen LogP contribution in [0.5, 0.6) is 5.75 Å². The normalized spacial score (nSPS) is 10.2. The Bertz CT molecular complexity index is 707. The third kappa shape index (κ3) is 3.02. The van der Waals surface area contributed by atoms with Crippen molar-refractivity contribution in [2.45, 2.75) is 0 Å². The lowest BCUT2D eigenvalue weighted by molar-refractivity contribution is 0.0693. The highest BCUT2D eigenvalue weighted by atomic mass is 16.4. The van der Waals surface area contributed by atoms with Gasteiger partial charge in [0.05, 0.1) is 0 Å². The van der Waals surface area contributed by atoms with E-state index in [-0.39, 0.29) is 17.2 Å². The van der Waals surface area contributed by atoms with Crippen LogP contribution < -0.4 is 0 Å². The van der Waals surface area contributed by atoms with Crippen LogP contribution >= 0.6 is 0 Å². The van der Waals surface area contributed by atoms with Crippen molar-refractivity contribution in [3.63, 3.8) is 0 Å². The maximum Gasteiger partial charge on any atom is 0.339 e. The number of carboxylic acids is 1. The Labute approximate surface area is 122 Å². The fraction of sp³-hybridized carbons (Fsp3) is 0.125. The first kappa shape index (κ1) is 14.6. The number of nitrogens with zero attached hydrogens (tertiary/aromatic N) is 1. The molecule has 0 fully saturated rings. The molecule has 21 heavy (non-hydrogen) atoms. The molecular weight excluding hydrogens is 270 g/mol. The number of hydrogen-bond donors (Lipinski definition) is 2. The first-order valence-electron chi connectivity index (χ1n) is 6.28. The molecule has 0 bridgehead atoms. The second-order valence-electron chi connectivity index (χ2n) is 4.82. The summed E-state index contributed by atoms with van der Waals surface area (Å²) in [6.45, 7) is 0. The van der Waals surface area contributed by atoms with Crippen molar-refractivity contribution in [2.75, 3.05) is 14.1 Å². The summed E-state index contributed by atoms with van der Waals surface area (Å²) in [6.07, 6.45) is 0. The minimum atomic E-state index is -1.18. The van der Waals surface area contributed by atoms with Gasteiger partial charge in [0.15, 0.2) is 0 Å². The van der Waals surface area contributed by atoms with Crippen LogP contribution in [0.3, 0.4) is 0 Å². The van der Waals surface area contributed by atoms with Crippen molar-refractivity contribution in [3.05, 3.63) is 53.6 Å². The van der Waals surface area contributed by atoms with Gasteiger partial charge in [0, 0.05) is 19.7 Å². The van der Waals surface area contributed by atoms with Gasteiger partial charge in [0.1, 0.15) is 11.3 Å². The molecule has 108 valence electrons. The fourth-order valence-electron chi connectivity index (χ4n) is 1.98. The second kappa shape index (κ2) is 5.66. The molecule has 0 atom stereocenters. The summed E-state index contributed by atoms with van der Waals surface area (Å²) in [6, 6.07) is 11.3. The number of carbonyl (C=O) groups excluding carboxylic acids is 1. The van der Waals surface area contributed by atoms with Crippen molar-refractivity contribution in [2.24, 2.45) is 0 Å². The number of aromatic hydroxyl groups is 1. The van der Waals surface area contributed by atoms with Crippen LogP contribution in [0.4, 0.5) is 0 Å². The van der Waals surface area contributed by atoms with Gasteiger partial charge in [-0.15, -0.1) is 0 Å². The molecule has 0 aliphatic heterocycles. The molecule has 0 heterocycles. The predicted molar refractivity (Wildman–Crippen MR) is 78.5 cm³/mol. The molecule has 0 radical (unpaired) electrons. The molecule has 5 nitrogen and oxygen atoms in total. The van der Waals surface area contributed by atoms with Crippen molar-refractivity contribution in [1.29, 1.82) is 0 Å². The van der Waals surface area contributed by atoms with E-state index in [9.17, 15) is 14.7 Å². The third-order valence-electron chi connectivity index (χ3n) is 3.08. The van der Waals surface area contributed by atoms with E-state index in [1.165, 1.54) is 17.0 Å². The van der Waals surface area contributed by atoms with Crippen LogP contribution in [-0.4, -0.2) is 41.1 Å². The van der Waals surface area contributed by atoms with E-state index in [0.29, 0.717) is 11.1 Å². The summed E-state index contributed by atoms with van der Waals surface area (Å²) in [5.74, 6) is -1.61. The largest absolute Gasteiger partial charge is 0.507 e. The van der Waals surface area contributed by atoms with Crippen LogP contribution in [0.25, 0.3) is 11.1 Å². The number of benzene rings is 2. The summed E-state index contributed by atoms with van der Waals surface area (Å²) < 4.78 is 0. The van der Waals surface area contributed by atoms with Gasteiger partial charge in [0.25, 0.3) is 5.91 Å². The molecule has 0 saturated heterocycles. The molecule has 0 aliphatic rings. The fourth-order valence-corrected chi connectivity index (χ4v) is 1.98. The van der Waals surface area contributed by atoms with E-state index in [0.717, 1.165) is 5.56 Å². The average Bonchev–Trinajstić information content (AvgIpc) is 2.46. The highest BCUT2D eigenvalue weighted by molar-refractivity contribution is 5.95. The number of rotatable bonds is 3. The lowest BCUT2D eigenvalue weighted by Gasteiger charge is -2.11. The molecule has 1 amide bonds. The molecule has 2 rings (SSSR count). The van der Waals surface area contributed by atoms with E-state index >= 15 is 0 Å². The van der Waals surface area contributed by atoms with Crippen molar-refractivity contribution in [1.82, 2.24) is 4.90 Å². The summed E-state index contributed by atoms with van der Waals surface area (Å²) >= 11 is 0. The minimum absolute atomic E-state index is 0.122. The number of hydrogen-bond acceptors (Lipinski definition) is 3. The smallest absolute Gasteiger partial charge is 0.339 e. The number of carbonyl (C=O) groups is 2. The topological polar surface area (TPSA) is 77.8 Å². The lowest BCUT2D eigenvalue weighted by atomic mass is 10.0. The highest BCUT2D eigenvalue weighted by Gasteiger charge is 2.12. The van der Waals surface area contributed by atoms with Crippen LogP contribution in [0.15, 0.2) is 42.5 Å². The monoisotopic (exact) mass is 285 g/mol. The first-order chi connectivity index (χ1) is 9.90. The molecule has 0 saturated carbocycles. The predicted octanol–water partition coefficient (Wildman–Crippen LogP) is 2.46. The number of carboxylic acid groups (broad SMARTS) is 1. The molecule has 2 N–H and O–H groups in total. The van der Waals surface area contributed by atoms with Crippen LogP contribution in [-0.2, 0) is 0 Å². The van der Waals surface area contributed by atoms with Crippen LogP contribution in [0, 0.1) is 0 Å². The van der Waals surface area contributed by atoms with Crippen molar-refractivity contribution >= 4 is 11.9 Å². The van der Waals surface area contributed by atoms with Gasteiger partial charge in [-0.25, -0.2) is 4.79 Å². The Morgan fingerprint density at radius 2 is 1.67 bits per heavy atom. The van der Waals surface area contributed by atoms with Gasteiger partial charge in [0.2, 0.25) is 0 Å². The van der Waals surface area contributed by atoms with Gasteiger partial charge < -0.3 is 15.1 Å². The molecule has 2 aromatic carbocycles. The standard InChI is InChI=1S/C16H15NO4/c1-17(2)15(19)12-5-3-4-10(8-12)11-6-7-13(16(20)21)14(18)9-11/h3-9,18H,1-2H3,(H,20,21). The zero-order valence-corrected chi connectivity index (χ0v) is 11.7. The third-order valence-corrected chi connectivity index (χ3v) is 3.08. The maximum atomic E-state index is 11.9. The molecule has 2 aromatic rings. The molecule has 0 unspecified atom stereocenters. The Morgan fingerprint density at radius 1 is 1.00 bits per heavy atom. The number of aromatic carboxylic acids is 1. The molecular formula is C16H15NO4. The van der Waals surface area contributed by atoms with Crippen molar-refractivity contribution < 1.29 is 19.8 Å². The highest BCUT2D eigenvalue weighted by Crippen LogP contribution is 2.27. The van der Waals surface area contributed by atoms with Crippen LogP contribution in [0.2, 0.25) is 0 Å². The summed E-state index contributed by atoms with van der Waals surface area (Å²) in [4.78, 5) is 24.3.